The van der Waals surface area contributed by atoms with E-state index in [4.69, 9.17) is 14.7 Å². The van der Waals surface area contributed by atoms with E-state index in [9.17, 15) is 0 Å². The van der Waals surface area contributed by atoms with Crippen molar-refractivity contribution < 1.29 is 4.74 Å². The van der Waals surface area contributed by atoms with E-state index in [1.54, 1.807) is 0 Å². The van der Waals surface area contributed by atoms with Gasteiger partial charge in [-0.15, -0.1) is 0 Å². The Hall–Kier alpha value is -7.50. The zero-order valence-electron chi connectivity index (χ0n) is 29.7. The highest BCUT2D eigenvalue weighted by molar-refractivity contribution is 6.21. The summed E-state index contributed by atoms with van der Waals surface area (Å²) in [5, 5.41) is 4.68. The molecule has 55 heavy (non-hydrogen) atoms. The molecule has 0 fully saturated rings. The number of nitrogens with zero attached hydrogens (tertiary/aromatic N) is 4. The molecule has 0 bridgehead atoms. The van der Waals surface area contributed by atoms with Crippen LogP contribution in [0.2, 0.25) is 0 Å². The lowest BCUT2D eigenvalue weighted by molar-refractivity contribution is 0.477. The minimum Gasteiger partial charge on any atom is -0.453 e. The Labute approximate surface area is 318 Å². The van der Waals surface area contributed by atoms with E-state index >= 15 is 0 Å². The van der Waals surface area contributed by atoms with Crippen LogP contribution in [0.15, 0.2) is 194 Å². The Morgan fingerprint density at radius 2 is 1.00 bits per heavy atom. The van der Waals surface area contributed by atoms with Gasteiger partial charge in [0, 0.05) is 27.6 Å². The van der Waals surface area contributed by atoms with E-state index in [0.717, 1.165) is 78.6 Å². The molecule has 5 nitrogen and oxygen atoms in total. The van der Waals surface area contributed by atoms with E-state index in [1.165, 1.54) is 16.2 Å². The molecule has 2 aromatic heterocycles. The standard InChI is InChI=1S/C50H32N4O/c1-4-15-34(16-5-1)41-32-42(35-17-6-2-7-18-35)52-50(51-41)54-43-27-25-36(30-40(43)49-39-21-11-10-14-33(39)24-29-46(49)54)37-26-28-45-48(31-37)55-47-23-13-12-22-44(47)53(45)38-19-8-3-9-20-38/h1-32H. The molecule has 10 aromatic rings. The van der Waals surface area contributed by atoms with Crippen molar-refractivity contribution in [2.45, 2.75) is 0 Å². The van der Waals surface area contributed by atoms with Crippen molar-refractivity contribution in [2.24, 2.45) is 0 Å². The predicted octanol–water partition coefficient (Wildman–Crippen LogP) is 13.3. The normalized spacial score (nSPS) is 12.1. The summed E-state index contributed by atoms with van der Waals surface area (Å²) in [6.45, 7) is 0. The number of hydrogen-bond donors (Lipinski definition) is 0. The summed E-state index contributed by atoms with van der Waals surface area (Å²) in [5.41, 5.74) is 11.2. The van der Waals surface area contributed by atoms with Crippen LogP contribution >= 0.6 is 0 Å². The van der Waals surface area contributed by atoms with Crippen LogP contribution in [0.5, 0.6) is 11.5 Å². The van der Waals surface area contributed by atoms with Crippen LogP contribution in [0.1, 0.15) is 0 Å². The lowest BCUT2D eigenvalue weighted by Crippen LogP contribution is -2.15. The quantitative estimate of drug-likeness (QED) is 0.179. The summed E-state index contributed by atoms with van der Waals surface area (Å²) in [6.07, 6.45) is 0. The number of para-hydroxylation sites is 3. The van der Waals surface area contributed by atoms with Gasteiger partial charge in [-0.25, -0.2) is 9.97 Å². The first kappa shape index (κ1) is 31.1. The summed E-state index contributed by atoms with van der Waals surface area (Å²) in [7, 11) is 0. The van der Waals surface area contributed by atoms with Gasteiger partial charge >= 0.3 is 0 Å². The van der Waals surface area contributed by atoms with Gasteiger partial charge in [-0.2, -0.15) is 0 Å². The molecule has 0 aliphatic carbocycles. The lowest BCUT2D eigenvalue weighted by Gasteiger charge is -2.33. The first-order valence-electron chi connectivity index (χ1n) is 18.5. The second kappa shape index (κ2) is 12.6. The summed E-state index contributed by atoms with van der Waals surface area (Å²) in [4.78, 5) is 12.8. The molecule has 0 saturated heterocycles. The molecule has 0 amide bonds. The number of anilines is 3. The highest BCUT2D eigenvalue weighted by Crippen LogP contribution is 2.51. The summed E-state index contributed by atoms with van der Waals surface area (Å²) in [6, 6.07) is 67.7. The fraction of sp³-hybridized carbons (Fsp3) is 0. The number of benzene rings is 8. The van der Waals surface area contributed by atoms with Gasteiger partial charge in [0.05, 0.1) is 33.8 Å². The zero-order valence-corrected chi connectivity index (χ0v) is 29.7. The molecular formula is C50H32N4O. The van der Waals surface area contributed by atoms with Crippen LogP contribution in [-0.2, 0) is 0 Å². The third-order valence-electron chi connectivity index (χ3n) is 10.6. The number of fused-ring (bicyclic) bond motifs is 7. The van der Waals surface area contributed by atoms with Crippen LogP contribution in [-0.4, -0.2) is 14.5 Å². The molecule has 0 spiro atoms. The SMILES string of the molecule is c1ccc(-c2cc(-c3ccccc3)nc(-n3c4ccc(-c5ccc6c(c5)Oc5ccccc5N6c5ccccc5)cc4c4c5ccccc5ccc43)n2)cc1. The number of ether oxygens (including phenoxy) is 1. The Balaban J connectivity index is 1.12. The molecule has 258 valence electrons. The highest BCUT2D eigenvalue weighted by Gasteiger charge is 2.26. The van der Waals surface area contributed by atoms with E-state index in [0.29, 0.717) is 5.95 Å². The molecule has 1 aliphatic heterocycles. The van der Waals surface area contributed by atoms with Crippen LogP contribution < -0.4 is 9.64 Å². The Bertz CT molecular complexity index is 3010. The van der Waals surface area contributed by atoms with Gasteiger partial charge in [0.25, 0.3) is 0 Å². The van der Waals surface area contributed by atoms with Crippen molar-refractivity contribution in [1.82, 2.24) is 14.5 Å². The molecule has 0 saturated carbocycles. The van der Waals surface area contributed by atoms with E-state index in [1.807, 2.05) is 30.3 Å². The highest BCUT2D eigenvalue weighted by atomic mass is 16.5. The molecule has 0 N–H and O–H groups in total. The maximum absolute atomic E-state index is 6.60. The monoisotopic (exact) mass is 704 g/mol. The average Bonchev–Trinajstić information content (AvgIpc) is 3.60. The number of hydrogen-bond acceptors (Lipinski definition) is 4. The van der Waals surface area contributed by atoms with Gasteiger partial charge in [0.15, 0.2) is 11.5 Å². The Kier molecular flexibility index (Phi) is 7.10. The van der Waals surface area contributed by atoms with Crippen molar-refractivity contribution in [2.75, 3.05) is 4.90 Å². The molecule has 0 atom stereocenters. The second-order valence-corrected chi connectivity index (χ2v) is 13.8. The first-order valence-corrected chi connectivity index (χ1v) is 18.5. The largest absolute Gasteiger partial charge is 0.453 e. The maximum Gasteiger partial charge on any atom is 0.235 e. The van der Waals surface area contributed by atoms with Crippen molar-refractivity contribution in [3.63, 3.8) is 0 Å². The third kappa shape index (κ3) is 5.17. The summed E-state index contributed by atoms with van der Waals surface area (Å²) in [5.74, 6) is 2.27. The van der Waals surface area contributed by atoms with E-state index in [-0.39, 0.29) is 0 Å². The Morgan fingerprint density at radius 1 is 0.400 bits per heavy atom. The topological polar surface area (TPSA) is 43.2 Å². The predicted molar refractivity (Wildman–Crippen MR) is 225 cm³/mol. The van der Waals surface area contributed by atoms with Gasteiger partial charge in [-0.1, -0.05) is 133 Å². The summed E-state index contributed by atoms with van der Waals surface area (Å²) >= 11 is 0. The van der Waals surface area contributed by atoms with Crippen LogP contribution in [0.3, 0.4) is 0 Å². The minimum absolute atomic E-state index is 0.630. The molecule has 11 rings (SSSR count). The summed E-state index contributed by atoms with van der Waals surface area (Å²) < 4.78 is 8.83. The van der Waals surface area contributed by atoms with Gasteiger partial charge in [0.2, 0.25) is 5.95 Å². The van der Waals surface area contributed by atoms with Crippen molar-refractivity contribution >= 4 is 49.6 Å². The number of aromatic nitrogens is 3. The molecule has 1 aliphatic rings. The molecule has 5 heteroatoms. The maximum atomic E-state index is 6.60. The molecule has 3 heterocycles. The second-order valence-electron chi connectivity index (χ2n) is 13.8. The third-order valence-corrected chi connectivity index (χ3v) is 10.6. The fourth-order valence-corrected chi connectivity index (χ4v) is 8.03. The van der Waals surface area contributed by atoms with Gasteiger partial charge in [0.1, 0.15) is 0 Å². The van der Waals surface area contributed by atoms with Gasteiger partial charge in [-0.05, 0) is 82.6 Å². The minimum atomic E-state index is 0.630. The van der Waals surface area contributed by atoms with Crippen LogP contribution in [0.4, 0.5) is 17.1 Å². The van der Waals surface area contributed by atoms with Crippen molar-refractivity contribution in [3.05, 3.63) is 194 Å². The molecule has 0 unspecified atom stereocenters. The van der Waals surface area contributed by atoms with Crippen molar-refractivity contribution in [1.29, 1.82) is 0 Å². The zero-order chi connectivity index (χ0) is 36.3. The molecule has 0 radical (unpaired) electrons. The fourth-order valence-electron chi connectivity index (χ4n) is 8.03. The average molecular weight is 705 g/mol. The number of rotatable bonds is 5. The molecule has 8 aromatic carbocycles. The van der Waals surface area contributed by atoms with Gasteiger partial charge < -0.3 is 9.64 Å². The Morgan fingerprint density at radius 3 is 1.76 bits per heavy atom. The van der Waals surface area contributed by atoms with Gasteiger partial charge in [-0.3, -0.25) is 4.57 Å². The van der Waals surface area contributed by atoms with Crippen LogP contribution in [0, 0.1) is 0 Å². The van der Waals surface area contributed by atoms with E-state index in [2.05, 4.69) is 173 Å². The smallest absolute Gasteiger partial charge is 0.235 e. The van der Waals surface area contributed by atoms with Crippen LogP contribution in [0.25, 0.3) is 72.2 Å². The van der Waals surface area contributed by atoms with E-state index < -0.39 is 0 Å². The van der Waals surface area contributed by atoms with Crippen molar-refractivity contribution in [3.8, 4) is 51.1 Å². The molecular weight excluding hydrogens is 673 g/mol. The lowest BCUT2D eigenvalue weighted by atomic mass is 9.99. The first-order chi connectivity index (χ1) is 27.3.